The number of carbonyl (C=O) groups excluding carboxylic acids is 2. The van der Waals surface area contributed by atoms with Crippen LogP contribution in [0.15, 0.2) is 24.3 Å². The summed E-state index contributed by atoms with van der Waals surface area (Å²) in [4.78, 5) is 24.2. The lowest BCUT2D eigenvalue weighted by Gasteiger charge is -2.21. The molecule has 0 radical (unpaired) electrons. The average molecular weight is 332 g/mol. The predicted molar refractivity (Wildman–Crippen MR) is 94.6 cm³/mol. The Morgan fingerprint density at radius 1 is 1.21 bits per heavy atom. The van der Waals surface area contributed by atoms with Gasteiger partial charge in [0.2, 0.25) is 11.8 Å². The summed E-state index contributed by atoms with van der Waals surface area (Å²) in [6.45, 7) is 3.69. The maximum Gasteiger partial charge on any atom is 0.249 e. The standard InChI is InChI=1S/C19H28N2O3/c1-3-4-5-6-14-7-11-16(12-8-14)20-19(24)17(13(2)22)21-18(23)15-9-10-15/h7-8,11-13,15,17,22H,3-6,9-10H2,1-2H3,(H,20,24)(H,21,23). The molecule has 1 saturated carbocycles. The molecule has 1 aromatic carbocycles. The van der Waals surface area contributed by atoms with Crippen LogP contribution in [0.5, 0.6) is 0 Å². The van der Waals surface area contributed by atoms with Crippen molar-refractivity contribution >= 4 is 17.5 Å². The van der Waals surface area contributed by atoms with Crippen molar-refractivity contribution in [3.05, 3.63) is 29.8 Å². The van der Waals surface area contributed by atoms with Crippen molar-refractivity contribution in [3.63, 3.8) is 0 Å². The van der Waals surface area contributed by atoms with Gasteiger partial charge < -0.3 is 15.7 Å². The van der Waals surface area contributed by atoms with Gasteiger partial charge in [0, 0.05) is 11.6 Å². The molecule has 3 N–H and O–H groups in total. The highest BCUT2D eigenvalue weighted by atomic mass is 16.3. The Hall–Kier alpha value is -1.88. The Balaban J connectivity index is 1.89. The molecule has 1 aromatic rings. The van der Waals surface area contributed by atoms with Crippen molar-refractivity contribution in [2.75, 3.05) is 5.32 Å². The summed E-state index contributed by atoms with van der Waals surface area (Å²) < 4.78 is 0. The van der Waals surface area contributed by atoms with Gasteiger partial charge in [0.05, 0.1) is 6.10 Å². The van der Waals surface area contributed by atoms with E-state index >= 15 is 0 Å². The fourth-order valence-corrected chi connectivity index (χ4v) is 2.58. The lowest BCUT2D eigenvalue weighted by atomic mass is 10.1. The predicted octanol–water partition coefficient (Wildman–Crippen LogP) is 2.63. The number of benzene rings is 1. The van der Waals surface area contributed by atoms with Gasteiger partial charge in [-0.05, 0) is 50.3 Å². The first-order valence-electron chi connectivity index (χ1n) is 8.89. The number of rotatable bonds is 9. The number of aryl methyl sites for hydroxylation is 1. The Bertz CT molecular complexity index is 550. The summed E-state index contributed by atoms with van der Waals surface area (Å²) in [6.07, 6.45) is 5.39. The number of aliphatic hydroxyl groups is 1. The minimum atomic E-state index is -0.944. The minimum absolute atomic E-state index is 0.00135. The second kappa shape index (κ2) is 8.83. The van der Waals surface area contributed by atoms with Crippen LogP contribution in [0, 0.1) is 5.92 Å². The van der Waals surface area contributed by atoms with Gasteiger partial charge >= 0.3 is 0 Å². The van der Waals surface area contributed by atoms with E-state index in [1.54, 1.807) is 0 Å². The van der Waals surface area contributed by atoms with Crippen molar-refractivity contribution < 1.29 is 14.7 Å². The molecule has 5 nitrogen and oxygen atoms in total. The fourth-order valence-electron chi connectivity index (χ4n) is 2.58. The summed E-state index contributed by atoms with van der Waals surface area (Å²) in [7, 11) is 0. The molecule has 1 aliphatic carbocycles. The largest absolute Gasteiger partial charge is 0.391 e. The number of nitrogens with one attached hydrogen (secondary N) is 2. The molecule has 2 amide bonds. The van der Waals surface area contributed by atoms with Crippen LogP contribution in [0.25, 0.3) is 0 Å². The van der Waals surface area contributed by atoms with Crippen molar-refractivity contribution in [1.82, 2.24) is 5.32 Å². The maximum absolute atomic E-state index is 12.3. The third-order valence-corrected chi connectivity index (χ3v) is 4.30. The third kappa shape index (κ3) is 5.64. The molecule has 5 heteroatoms. The van der Waals surface area contributed by atoms with Crippen LogP contribution in [-0.4, -0.2) is 29.1 Å². The van der Waals surface area contributed by atoms with Crippen molar-refractivity contribution in [2.45, 2.75) is 64.5 Å². The Morgan fingerprint density at radius 2 is 1.88 bits per heavy atom. The topological polar surface area (TPSA) is 78.4 Å². The number of anilines is 1. The lowest BCUT2D eigenvalue weighted by molar-refractivity contribution is -0.129. The SMILES string of the molecule is CCCCCc1ccc(NC(=O)C(NC(=O)C2CC2)C(C)O)cc1. The number of aliphatic hydroxyl groups excluding tert-OH is 1. The van der Waals surface area contributed by atoms with Crippen LogP contribution in [0.2, 0.25) is 0 Å². The van der Waals surface area contributed by atoms with E-state index in [9.17, 15) is 14.7 Å². The fraction of sp³-hybridized carbons (Fsp3) is 0.579. The van der Waals surface area contributed by atoms with E-state index in [0.717, 1.165) is 19.3 Å². The number of hydrogen-bond acceptors (Lipinski definition) is 3. The van der Waals surface area contributed by atoms with Gasteiger partial charge in [0.1, 0.15) is 6.04 Å². The zero-order chi connectivity index (χ0) is 17.5. The van der Waals surface area contributed by atoms with Gasteiger partial charge in [-0.25, -0.2) is 0 Å². The Morgan fingerprint density at radius 3 is 2.42 bits per heavy atom. The summed E-state index contributed by atoms with van der Waals surface area (Å²) in [5.41, 5.74) is 1.92. The van der Waals surface area contributed by atoms with Crippen LogP contribution in [0.4, 0.5) is 5.69 Å². The highest BCUT2D eigenvalue weighted by Crippen LogP contribution is 2.29. The first-order chi connectivity index (χ1) is 11.5. The van der Waals surface area contributed by atoms with Gasteiger partial charge in [0.15, 0.2) is 0 Å². The van der Waals surface area contributed by atoms with E-state index in [0.29, 0.717) is 5.69 Å². The van der Waals surface area contributed by atoms with E-state index in [2.05, 4.69) is 17.6 Å². The molecule has 2 unspecified atom stereocenters. The van der Waals surface area contributed by atoms with Crippen LogP contribution < -0.4 is 10.6 Å². The van der Waals surface area contributed by atoms with Gasteiger partial charge in [-0.2, -0.15) is 0 Å². The molecule has 24 heavy (non-hydrogen) atoms. The zero-order valence-electron chi connectivity index (χ0n) is 14.5. The number of carbonyl (C=O) groups is 2. The normalized spacial score (nSPS) is 16.3. The smallest absolute Gasteiger partial charge is 0.249 e. The van der Waals surface area contributed by atoms with E-state index < -0.39 is 18.1 Å². The molecular formula is C19H28N2O3. The van der Waals surface area contributed by atoms with Crippen molar-refractivity contribution in [2.24, 2.45) is 5.92 Å². The summed E-state index contributed by atoms with van der Waals surface area (Å²) in [6, 6.07) is 6.81. The molecule has 0 saturated heterocycles. The first kappa shape index (κ1) is 18.5. The lowest BCUT2D eigenvalue weighted by Crippen LogP contribution is -2.50. The molecule has 2 atom stereocenters. The summed E-state index contributed by atoms with van der Waals surface area (Å²) in [5.74, 6) is -0.540. The van der Waals surface area contributed by atoms with Gasteiger partial charge in [-0.15, -0.1) is 0 Å². The van der Waals surface area contributed by atoms with Crippen molar-refractivity contribution in [1.29, 1.82) is 0 Å². The highest BCUT2D eigenvalue weighted by Gasteiger charge is 2.34. The van der Waals surface area contributed by atoms with Gasteiger partial charge in [0.25, 0.3) is 0 Å². The zero-order valence-corrected chi connectivity index (χ0v) is 14.5. The molecule has 0 aromatic heterocycles. The highest BCUT2D eigenvalue weighted by molar-refractivity contribution is 5.98. The molecule has 2 rings (SSSR count). The maximum atomic E-state index is 12.3. The van der Waals surface area contributed by atoms with Crippen LogP contribution >= 0.6 is 0 Å². The monoisotopic (exact) mass is 332 g/mol. The molecule has 0 aliphatic heterocycles. The molecule has 1 fully saturated rings. The minimum Gasteiger partial charge on any atom is -0.391 e. The number of unbranched alkanes of at least 4 members (excludes halogenated alkanes) is 2. The first-order valence-corrected chi connectivity index (χ1v) is 8.89. The summed E-state index contributed by atoms with van der Waals surface area (Å²) >= 11 is 0. The number of amides is 2. The molecule has 0 heterocycles. The van der Waals surface area contributed by atoms with E-state index in [1.165, 1.54) is 31.7 Å². The average Bonchev–Trinajstić information content (AvgIpc) is 3.39. The van der Waals surface area contributed by atoms with Gasteiger partial charge in [-0.3, -0.25) is 9.59 Å². The number of hydrogen-bond donors (Lipinski definition) is 3. The summed E-state index contributed by atoms with van der Waals surface area (Å²) in [5, 5.41) is 15.2. The molecular weight excluding hydrogens is 304 g/mol. The van der Waals surface area contributed by atoms with Crippen LogP contribution in [0.1, 0.15) is 51.5 Å². The Kier molecular flexibility index (Phi) is 6.79. The molecule has 1 aliphatic rings. The van der Waals surface area contributed by atoms with Crippen molar-refractivity contribution in [3.8, 4) is 0 Å². The van der Waals surface area contributed by atoms with Crippen LogP contribution in [0.3, 0.4) is 0 Å². The van der Waals surface area contributed by atoms with Gasteiger partial charge in [-0.1, -0.05) is 31.9 Å². The van der Waals surface area contributed by atoms with E-state index in [1.807, 2.05) is 24.3 Å². The second-order valence-corrected chi connectivity index (χ2v) is 6.64. The molecule has 0 bridgehead atoms. The second-order valence-electron chi connectivity index (χ2n) is 6.64. The molecule has 0 spiro atoms. The van der Waals surface area contributed by atoms with E-state index in [4.69, 9.17) is 0 Å². The quantitative estimate of drug-likeness (QED) is 0.608. The molecule has 132 valence electrons. The van der Waals surface area contributed by atoms with E-state index in [-0.39, 0.29) is 11.8 Å². The van der Waals surface area contributed by atoms with Crippen LogP contribution in [-0.2, 0) is 16.0 Å². The Labute approximate surface area is 143 Å². The third-order valence-electron chi connectivity index (χ3n) is 4.30.